The molecule has 0 saturated heterocycles. The normalized spacial score (nSPS) is 14.9. The van der Waals surface area contributed by atoms with E-state index in [4.69, 9.17) is 10.5 Å². The predicted octanol–water partition coefficient (Wildman–Crippen LogP) is 1.68. The summed E-state index contributed by atoms with van der Waals surface area (Å²) >= 11 is 0. The van der Waals surface area contributed by atoms with E-state index in [2.05, 4.69) is 19.2 Å². The van der Waals surface area contributed by atoms with Gasteiger partial charge in [0.15, 0.2) is 0 Å². The first-order valence-corrected chi connectivity index (χ1v) is 6.55. The summed E-state index contributed by atoms with van der Waals surface area (Å²) in [6.45, 7) is 10.4. The molecule has 0 fully saturated rings. The number of hydrogen-bond acceptors (Lipinski definition) is 3. The molecule has 0 spiro atoms. The van der Waals surface area contributed by atoms with E-state index in [1.165, 1.54) is 0 Å². The van der Waals surface area contributed by atoms with E-state index in [0.717, 1.165) is 39.0 Å². The van der Waals surface area contributed by atoms with Crippen molar-refractivity contribution in [1.29, 1.82) is 0 Å². The second-order valence-electron chi connectivity index (χ2n) is 5.15. The average Bonchev–Trinajstić information content (AvgIpc) is 2.23. The molecular weight excluding hydrogens is 216 g/mol. The van der Waals surface area contributed by atoms with Crippen molar-refractivity contribution in [2.24, 2.45) is 11.7 Å². The molecule has 0 aliphatic rings. The Morgan fingerprint density at radius 1 is 1.41 bits per heavy atom. The molecule has 0 radical (unpaired) electrons. The lowest BCUT2D eigenvalue weighted by Gasteiger charge is -2.26. The summed E-state index contributed by atoms with van der Waals surface area (Å²) in [6, 6.07) is 0. The maximum atomic E-state index is 11.3. The standard InChI is InChI=1S/C13H28N2O2/c1-5-15-13(4,12(14)16)8-6-7-9-17-10-11(2)3/h11,15H,5-10H2,1-4H3,(H2,14,16). The van der Waals surface area contributed by atoms with Crippen LogP contribution in [0.2, 0.25) is 0 Å². The Kier molecular flexibility index (Phi) is 8.17. The van der Waals surface area contributed by atoms with Crippen LogP contribution in [0, 0.1) is 5.92 Å². The van der Waals surface area contributed by atoms with Crippen LogP contribution in [-0.2, 0) is 9.53 Å². The maximum absolute atomic E-state index is 11.3. The lowest BCUT2D eigenvalue weighted by atomic mass is 9.94. The molecule has 4 heteroatoms. The fourth-order valence-corrected chi connectivity index (χ4v) is 1.69. The zero-order valence-corrected chi connectivity index (χ0v) is 11.7. The number of rotatable bonds is 10. The highest BCUT2D eigenvalue weighted by Gasteiger charge is 2.28. The average molecular weight is 244 g/mol. The van der Waals surface area contributed by atoms with E-state index in [0.29, 0.717) is 5.92 Å². The van der Waals surface area contributed by atoms with Crippen molar-refractivity contribution in [3.05, 3.63) is 0 Å². The maximum Gasteiger partial charge on any atom is 0.237 e. The Morgan fingerprint density at radius 3 is 2.53 bits per heavy atom. The molecule has 1 amide bonds. The number of nitrogens with one attached hydrogen (secondary N) is 1. The minimum atomic E-state index is -0.577. The third kappa shape index (κ3) is 7.34. The number of nitrogens with two attached hydrogens (primary N) is 1. The third-order valence-electron chi connectivity index (χ3n) is 2.78. The minimum absolute atomic E-state index is 0.276. The van der Waals surface area contributed by atoms with Crippen molar-refractivity contribution in [3.63, 3.8) is 0 Å². The summed E-state index contributed by atoms with van der Waals surface area (Å²) in [7, 11) is 0. The fourth-order valence-electron chi connectivity index (χ4n) is 1.69. The van der Waals surface area contributed by atoms with Crippen LogP contribution in [0.4, 0.5) is 0 Å². The number of amides is 1. The quantitative estimate of drug-likeness (QED) is 0.575. The van der Waals surface area contributed by atoms with Gasteiger partial charge in [-0.1, -0.05) is 20.8 Å². The molecule has 0 aromatic carbocycles. The predicted molar refractivity (Wildman–Crippen MR) is 70.8 cm³/mol. The monoisotopic (exact) mass is 244 g/mol. The van der Waals surface area contributed by atoms with E-state index in [-0.39, 0.29) is 5.91 Å². The van der Waals surface area contributed by atoms with Crippen molar-refractivity contribution in [3.8, 4) is 0 Å². The van der Waals surface area contributed by atoms with Gasteiger partial charge in [-0.3, -0.25) is 4.79 Å². The van der Waals surface area contributed by atoms with Gasteiger partial charge in [0.1, 0.15) is 0 Å². The summed E-state index contributed by atoms with van der Waals surface area (Å²) in [5, 5.41) is 3.15. The lowest BCUT2D eigenvalue weighted by Crippen LogP contribution is -2.52. The van der Waals surface area contributed by atoms with Crippen LogP contribution in [0.1, 0.15) is 47.0 Å². The molecule has 0 bridgehead atoms. The first-order valence-electron chi connectivity index (χ1n) is 6.55. The van der Waals surface area contributed by atoms with Gasteiger partial charge in [0.05, 0.1) is 5.54 Å². The molecule has 0 aliphatic heterocycles. The van der Waals surface area contributed by atoms with Crippen molar-refractivity contribution in [1.82, 2.24) is 5.32 Å². The minimum Gasteiger partial charge on any atom is -0.381 e. The number of ether oxygens (including phenoxy) is 1. The number of likely N-dealkylation sites (N-methyl/N-ethyl adjacent to an activating group) is 1. The molecule has 1 atom stereocenters. The summed E-state index contributed by atoms with van der Waals surface area (Å²) in [5.41, 5.74) is 4.83. The highest BCUT2D eigenvalue weighted by molar-refractivity contribution is 5.84. The van der Waals surface area contributed by atoms with Gasteiger partial charge < -0.3 is 15.8 Å². The molecule has 102 valence electrons. The van der Waals surface area contributed by atoms with Gasteiger partial charge in [0.25, 0.3) is 0 Å². The number of unbranched alkanes of at least 4 members (excludes halogenated alkanes) is 1. The number of carbonyl (C=O) groups excluding carboxylic acids is 1. The molecule has 4 nitrogen and oxygen atoms in total. The molecule has 0 aromatic heterocycles. The Bertz CT molecular complexity index is 219. The molecule has 1 unspecified atom stereocenters. The van der Waals surface area contributed by atoms with Gasteiger partial charge in [0, 0.05) is 13.2 Å². The van der Waals surface area contributed by atoms with Crippen LogP contribution in [0.3, 0.4) is 0 Å². The molecule has 0 rings (SSSR count). The lowest BCUT2D eigenvalue weighted by molar-refractivity contribution is -0.124. The van der Waals surface area contributed by atoms with E-state index < -0.39 is 5.54 Å². The number of hydrogen-bond donors (Lipinski definition) is 2. The van der Waals surface area contributed by atoms with Gasteiger partial charge in [-0.15, -0.1) is 0 Å². The van der Waals surface area contributed by atoms with Gasteiger partial charge in [0.2, 0.25) is 5.91 Å². The van der Waals surface area contributed by atoms with Crippen LogP contribution < -0.4 is 11.1 Å². The van der Waals surface area contributed by atoms with E-state index >= 15 is 0 Å². The van der Waals surface area contributed by atoms with Crippen LogP contribution in [0.25, 0.3) is 0 Å². The summed E-state index contributed by atoms with van der Waals surface area (Å²) in [4.78, 5) is 11.3. The molecule has 0 saturated carbocycles. The largest absolute Gasteiger partial charge is 0.381 e. The Balaban J connectivity index is 3.73. The van der Waals surface area contributed by atoms with Crippen LogP contribution in [0.5, 0.6) is 0 Å². The summed E-state index contributed by atoms with van der Waals surface area (Å²) in [5.74, 6) is 0.301. The molecular formula is C13H28N2O2. The van der Waals surface area contributed by atoms with Crippen LogP contribution in [0.15, 0.2) is 0 Å². The first kappa shape index (κ1) is 16.4. The second-order valence-corrected chi connectivity index (χ2v) is 5.15. The van der Waals surface area contributed by atoms with Crippen molar-refractivity contribution < 1.29 is 9.53 Å². The van der Waals surface area contributed by atoms with Gasteiger partial charge in [-0.2, -0.15) is 0 Å². The second kappa shape index (κ2) is 8.48. The Morgan fingerprint density at radius 2 is 2.06 bits per heavy atom. The van der Waals surface area contributed by atoms with Crippen LogP contribution in [-0.4, -0.2) is 31.2 Å². The summed E-state index contributed by atoms with van der Waals surface area (Å²) < 4.78 is 5.49. The SMILES string of the molecule is CCNC(C)(CCCCOCC(C)C)C(N)=O. The molecule has 0 aromatic rings. The van der Waals surface area contributed by atoms with Crippen molar-refractivity contribution in [2.75, 3.05) is 19.8 Å². The van der Waals surface area contributed by atoms with Gasteiger partial charge in [-0.25, -0.2) is 0 Å². The van der Waals surface area contributed by atoms with Crippen molar-refractivity contribution >= 4 is 5.91 Å². The van der Waals surface area contributed by atoms with Gasteiger partial charge in [-0.05, 0) is 38.6 Å². The fraction of sp³-hybridized carbons (Fsp3) is 0.923. The van der Waals surface area contributed by atoms with Crippen LogP contribution >= 0.6 is 0 Å². The molecule has 0 aliphatic carbocycles. The van der Waals surface area contributed by atoms with E-state index in [1.54, 1.807) is 0 Å². The van der Waals surface area contributed by atoms with Gasteiger partial charge >= 0.3 is 0 Å². The topological polar surface area (TPSA) is 64.3 Å². The zero-order chi connectivity index (χ0) is 13.3. The number of primary amides is 1. The zero-order valence-electron chi connectivity index (χ0n) is 11.7. The smallest absolute Gasteiger partial charge is 0.237 e. The Labute approximate surface area is 105 Å². The molecule has 17 heavy (non-hydrogen) atoms. The molecule has 0 heterocycles. The highest BCUT2D eigenvalue weighted by Crippen LogP contribution is 2.13. The Hall–Kier alpha value is -0.610. The van der Waals surface area contributed by atoms with Crippen molar-refractivity contribution in [2.45, 2.75) is 52.5 Å². The third-order valence-corrected chi connectivity index (χ3v) is 2.78. The number of carbonyl (C=O) groups is 1. The first-order chi connectivity index (χ1) is 7.92. The highest BCUT2D eigenvalue weighted by atomic mass is 16.5. The van der Waals surface area contributed by atoms with E-state index in [9.17, 15) is 4.79 Å². The van der Waals surface area contributed by atoms with E-state index in [1.807, 2.05) is 13.8 Å². The molecule has 3 N–H and O–H groups in total. The summed E-state index contributed by atoms with van der Waals surface area (Å²) in [6.07, 6.45) is 2.69.